The summed E-state index contributed by atoms with van der Waals surface area (Å²) in [7, 11) is 0. The minimum atomic E-state index is -1.54. The standard InChI is InChI=1S/C16H20F3NO/c1-3-16(4-2)5-7-20(8-6-16)15(21)11-9-12(17)14(19)13(18)10-11/h9-10H,3-8H2,1-2H3. The number of amides is 1. The Bertz CT molecular complexity index is 507. The van der Waals surface area contributed by atoms with E-state index in [4.69, 9.17) is 0 Å². The molecule has 0 radical (unpaired) electrons. The zero-order valence-electron chi connectivity index (χ0n) is 12.4. The number of nitrogens with zero attached hydrogens (tertiary/aromatic N) is 1. The van der Waals surface area contributed by atoms with Crippen molar-refractivity contribution in [3.63, 3.8) is 0 Å². The third-order valence-corrected chi connectivity index (χ3v) is 4.84. The Morgan fingerprint density at radius 2 is 1.57 bits per heavy atom. The molecule has 0 bridgehead atoms. The number of carbonyl (C=O) groups is 1. The maximum absolute atomic E-state index is 13.2. The number of hydrogen-bond acceptors (Lipinski definition) is 1. The molecule has 1 aromatic carbocycles. The summed E-state index contributed by atoms with van der Waals surface area (Å²) in [5, 5.41) is 0. The van der Waals surface area contributed by atoms with E-state index in [0.717, 1.165) is 37.8 Å². The maximum atomic E-state index is 13.2. The van der Waals surface area contributed by atoms with Gasteiger partial charge in [0.2, 0.25) is 0 Å². The Morgan fingerprint density at radius 3 is 2.00 bits per heavy atom. The fourth-order valence-electron chi connectivity index (χ4n) is 3.00. The minimum Gasteiger partial charge on any atom is -0.339 e. The molecule has 2 nitrogen and oxygen atoms in total. The second-order valence-electron chi connectivity index (χ2n) is 5.75. The van der Waals surface area contributed by atoms with Crippen LogP contribution in [-0.4, -0.2) is 23.9 Å². The largest absolute Gasteiger partial charge is 0.339 e. The molecule has 5 heteroatoms. The lowest BCUT2D eigenvalue weighted by atomic mass is 9.74. The van der Waals surface area contributed by atoms with Crippen molar-refractivity contribution < 1.29 is 18.0 Å². The Hall–Kier alpha value is -1.52. The van der Waals surface area contributed by atoms with Gasteiger partial charge >= 0.3 is 0 Å². The van der Waals surface area contributed by atoms with Gasteiger partial charge in [-0.1, -0.05) is 26.7 Å². The van der Waals surface area contributed by atoms with E-state index in [0.29, 0.717) is 13.1 Å². The fourth-order valence-corrected chi connectivity index (χ4v) is 3.00. The number of piperidine rings is 1. The summed E-state index contributed by atoms with van der Waals surface area (Å²) < 4.78 is 39.4. The van der Waals surface area contributed by atoms with Crippen LogP contribution in [0.4, 0.5) is 13.2 Å². The Morgan fingerprint density at radius 1 is 1.10 bits per heavy atom. The Balaban J connectivity index is 2.12. The molecule has 116 valence electrons. The molecule has 0 aliphatic carbocycles. The van der Waals surface area contributed by atoms with Crippen LogP contribution in [-0.2, 0) is 0 Å². The van der Waals surface area contributed by atoms with Crippen molar-refractivity contribution in [2.45, 2.75) is 39.5 Å². The van der Waals surface area contributed by atoms with Gasteiger partial charge in [0, 0.05) is 18.7 Å². The van der Waals surface area contributed by atoms with Crippen molar-refractivity contribution in [2.24, 2.45) is 5.41 Å². The molecule has 1 heterocycles. The molecule has 1 aromatic rings. The summed E-state index contributed by atoms with van der Waals surface area (Å²) in [6.45, 7) is 5.43. The van der Waals surface area contributed by atoms with Crippen molar-refractivity contribution in [1.82, 2.24) is 4.90 Å². The second kappa shape index (κ2) is 6.08. The first-order valence-corrected chi connectivity index (χ1v) is 7.36. The molecule has 0 N–H and O–H groups in total. The average molecular weight is 299 g/mol. The lowest BCUT2D eigenvalue weighted by Gasteiger charge is -2.41. The highest BCUT2D eigenvalue weighted by atomic mass is 19.2. The molecule has 1 fully saturated rings. The zero-order valence-corrected chi connectivity index (χ0v) is 12.4. The first-order chi connectivity index (χ1) is 9.92. The van der Waals surface area contributed by atoms with Crippen LogP contribution in [0.15, 0.2) is 12.1 Å². The molecule has 21 heavy (non-hydrogen) atoms. The SMILES string of the molecule is CCC1(CC)CCN(C(=O)c2cc(F)c(F)c(F)c2)CC1. The van der Waals surface area contributed by atoms with E-state index >= 15 is 0 Å². The lowest BCUT2D eigenvalue weighted by Crippen LogP contribution is -2.42. The van der Waals surface area contributed by atoms with E-state index in [2.05, 4.69) is 13.8 Å². The third kappa shape index (κ3) is 3.06. The predicted molar refractivity (Wildman–Crippen MR) is 74.5 cm³/mol. The summed E-state index contributed by atoms with van der Waals surface area (Å²) in [5.74, 6) is -4.63. The molecule has 2 rings (SSSR count). The smallest absolute Gasteiger partial charge is 0.254 e. The molecular weight excluding hydrogens is 279 g/mol. The average Bonchev–Trinajstić information content (AvgIpc) is 2.51. The van der Waals surface area contributed by atoms with Gasteiger partial charge in [0.25, 0.3) is 5.91 Å². The van der Waals surface area contributed by atoms with Crippen molar-refractivity contribution >= 4 is 5.91 Å². The van der Waals surface area contributed by atoms with Crippen LogP contribution in [0.3, 0.4) is 0 Å². The molecular formula is C16H20F3NO. The molecule has 1 amide bonds. The number of carbonyl (C=O) groups excluding carboxylic acids is 1. The third-order valence-electron chi connectivity index (χ3n) is 4.84. The maximum Gasteiger partial charge on any atom is 0.254 e. The summed E-state index contributed by atoms with van der Waals surface area (Å²) in [4.78, 5) is 13.9. The van der Waals surface area contributed by atoms with E-state index in [1.54, 1.807) is 4.90 Å². The first kappa shape index (κ1) is 15.9. The number of hydrogen-bond donors (Lipinski definition) is 0. The Labute approximate surface area is 122 Å². The van der Waals surface area contributed by atoms with E-state index in [1.165, 1.54) is 0 Å². The van der Waals surface area contributed by atoms with Gasteiger partial charge in [-0.25, -0.2) is 13.2 Å². The van der Waals surface area contributed by atoms with Gasteiger partial charge in [-0.05, 0) is 30.4 Å². The molecule has 1 saturated heterocycles. The predicted octanol–water partition coefficient (Wildman–Crippen LogP) is 4.15. The van der Waals surface area contributed by atoms with Crippen molar-refractivity contribution in [2.75, 3.05) is 13.1 Å². The van der Waals surface area contributed by atoms with E-state index in [1.807, 2.05) is 0 Å². The van der Waals surface area contributed by atoms with Crippen LogP contribution < -0.4 is 0 Å². The second-order valence-corrected chi connectivity index (χ2v) is 5.75. The summed E-state index contributed by atoms with van der Waals surface area (Å²) in [5.41, 5.74) is 0.127. The van der Waals surface area contributed by atoms with Crippen LogP contribution in [0.5, 0.6) is 0 Å². The number of likely N-dealkylation sites (tertiary alicyclic amines) is 1. The van der Waals surface area contributed by atoms with Crippen molar-refractivity contribution in [3.8, 4) is 0 Å². The number of halogens is 3. The highest BCUT2D eigenvalue weighted by Gasteiger charge is 2.33. The van der Waals surface area contributed by atoms with Crippen LogP contribution in [0.25, 0.3) is 0 Å². The highest BCUT2D eigenvalue weighted by Crippen LogP contribution is 2.38. The van der Waals surface area contributed by atoms with Gasteiger partial charge in [-0.15, -0.1) is 0 Å². The number of rotatable bonds is 3. The van der Waals surface area contributed by atoms with Crippen molar-refractivity contribution in [1.29, 1.82) is 0 Å². The monoisotopic (exact) mass is 299 g/mol. The van der Waals surface area contributed by atoms with Gasteiger partial charge < -0.3 is 4.90 Å². The van der Waals surface area contributed by atoms with E-state index in [-0.39, 0.29) is 11.0 Å². The molecule has 0 saturated carbocycles. The van der Waals surface area contributed by atoms with Gasteiger partial charge in [-0.3, -0.25) is 4.79 Å². The van der Waals surface area contributed by atoms with Gasteiger partial charge in [0.05, 0.1) is 0 Å². The molecule has 0 atom stereocenters. The molecule has 0 aromatic heterocycles. The molecule has 1 aliphatic heterocycles. The first-order valence-electron chi connectivity index (χ1n) is 7.36. The lowest BCUT2D eigenvalue weighted by molar-refractivity contribution is 0.0556. The van der Waals surface area contributed by atoms with E-state index < -0.39 is 23.4 Å². The summed E-state index contributed by atoms with van der Waals surface area (Å²) in [6.07, 6.45) is 3.90. The highest BCUT2D eigenvalue weighted by molar-refractivity contribution is 5.94. The Kier molecular flexibility index (Phi) is 4.59. The summed E-state index contributed by atoms with van der Waals surface area (Å²) >= 11 is 0. The molecule has 0 unspecified atom stereocenters. The van der Waals surface area contributed by atoms with Crippen LogP contribution in [0.2, 0.25) is 0 Å². The van der Waals surface area contributed by atoms with E-state index in [9.17, 15) is 18.0 Å². The molecule has 0 spiro atoms. The van der Waals surface area contributed by atoms with Gasteiger partial charge in [0.15, 0.2) is 17.5 Å². The van der Waals surface area contributed by atoms with Crippen LogP contribution in [0.1, 0.15) is 49.9 Å². The van der Waals surface area contributed by atoms with Gasteiger partial charge in [0.1, 0.15) is 0 Å². The van der Waals surface area contributed by atoms with Gasteiger partial charge in [-0.2, -0.15) is 0 Å². The fraction of sp³-hybridized carbons (Fsp3) is 0.562. The minimum absolute atomic E-state index is 0.133. The normalized spacial score (nSPS) is 17.9. The van der Waals surface area contributed by atoms with Crippen molar-refractivity contribution in [3.05, 3.63) is 35.1 Å². The topological polar surface area (TPSA) is 20.3 Å². The molecule has 1 aliphatic rings. The summed E-state index contributed by atoms with van der Waals surface area (Å²) in [6, 6.07) is 1.53. The van der Waals surface area contributed by atoms with Crippen LogP contribution in [0, 0.1) is 22.9 Å². The number of benzene rings is 1. The quantitative estimate of drug-likeness (QED) is 0.768. The zero-order chi connectivity index (χ0) is 15.6. The van der Waals surface area contributed by atoms with Crippen LogP contribution >= 0.6 is 0 Å².